The molecule has 0 aliphatic heterocycles. The predicted molar refractivity (Wildman–Crippen MR) is 84.9 cm³/mol. The van der Waals surface area contributed by atoms with E-state index in [0.717, 1.165) is 37.9 Å². The second kappa shape index (κ2) is 6.69. The fourth-order valence-electron chi connectivity index (χ4n) is 3.58. The zero-order valence-electron chi connectivity index (χ0n) is 13.3. The van der Waals surface area contributed by atoms with Gasteiger partial charge in [-0.1, -0.05) is 12.5 Å². The average Bonchev–Trinajstić information content (AvgIpc) is 3.13. The minimum absolute atomic E-state index is 0.0281. The molecule has 0 spiro atoms. The molecule has 4 nitrogen and oxygen atoms in total. The summed E-state index contributed by atoms with van der Waals surface area (Å²) in [4.78, 5) is 13.9. The maximum atomic E-state index is 12.2. The van der Waals surface area contributed by atoms with Crippen LogP contribution in [0, 0.1) is 5.92 Å². The smallest absolute Gasteiger partial charge is 0.260 e. The lowest BCUT2D eigenvalue weighted by molar-refractivity contribution is -0.132. The Morgan fingerprint density at radius 3 is 2.86 bits per heavy atom. The van der Waals surface area contributed by atoms with Gasteiger partial charge in [-0.25, -0.2) is 0 Å². The Hall–Kier alpha value is -1.55. The van der Waals surface area contributed by atoms with Crippen LogP contribution in [0.3, 0.4) is 0 Å². The third-order valence-electron chi connectivity index (χ3n) is 4.99. The number of hydrogen-bond donors (Lipinski definition) is 1. The summed E-state index contributed by atoms with van der Waals surface area (Å²) >= 11 is 0. The number of carbonyl (C=O) groups excluding carboxylic acids is 1. The summed E-state index contributed by atoms with van der Waals surface area (Å²) < 4.78 is 5.65. The Morgan fingerprint density at radius 1 is 1.27 bits per heavy atom. The lowest BCUT2D eigenvalue weighted by Crippen LogP contribution is -2.37. The molecule has 3 rings (SSSR count). The first-order chi connectivity index (χ1) is 10.6. The van der Waals surface area contributed by atoms with Crippen molar-refractivity contribution in [1.29, 1.82) is 0 Å². The van der Waals surface area contributed by atoms with E-state index in [-0.39, 0.29) is 24.5 Å². The van der Waals surface area contributed by atoms with E-state index in [4.69, 9.17) is 4.74 Å². The van der Waals surface area contributed by atoms with Gasteiger partial charge in [0.05, 0.1) is 6.10 Å². The molecule has 1 aromatic rings. The maximum absolute atomic E-state index is 12.2. The number of aryl methyl sites for hydroxylation is 2. The minimum Gasteiger partial charge on any atom is -0.484 e. The number of ether oxygens (including phenoxy) is 1. The number of rotatable bonds is 5. The van der Waals surface area contributed by atoms with Crippen LogP contribution >= 0.6 is 0 Å². The van der Waals surface area contributed by atoms with Crippen LogP contribution in [0.25, 0.3) is 0 Å². The van der Waals surface area contributed by atoms with Gasteiger partial charge in [-0.3, -0.25) is 4.79 Å². The van der Waals surface area contributed by atoms with Gasteiger partial charge in [0, 0.05) is 19.5 Å². The van der Waals surface area contributed by atoms with E-state index in [1.807, 2.05) is 6.07 Å². The van der Waals surface area contributed by atoms with Crippen LogP contribution in [0.15, 0.2) is 18.2 Å². The van der Waals surface area contributed by atoms with Gasteiger partial charge in [-0.05, 0) is 55.4 Å². The summed E-state index contributed by atoms with van der Waals surface area (Å²) in [7, 11) is 1.79. The van der Waals surface area contributed by atoms with Gasteiger partial charge in [0.1, 0.15) is 5.75 Å². The van der Waals surface area contributed by atoms with Crippen LogP contribution in [0.5, 0.6) is 5.75 Å². The van der Waals surface area contributed by atoms with Crippen molar-refractivity contribution in [2.75, 3.05) is 20.2 Å². The van der Waals surface area contributed by atoms with Gasteiger partial charge in [0.25, 0.3) is 5.91 Å². The van der Waals surface area contributed by atoms with E-state index >= 15 is 0 Å². The molecule has 1 fully saturated rings. The van der Waals surface area contributed by atoms with Gasteiger partial charge in [0.2, 0.25) is 0 Å². The molecule has 22 heavy (non-hydrogen) atoms. The average molecular weight is 303 g/mol. The molecule has 0 heterocycles. The van der Waals surface area contributed by atoms with Gasteiger partial charge >= 0.3 is 0 Å². The minimum atomic E-state index is -0.257. The summed E-state index contributed by atoms with van der Waals surface area (Å²) in [5.74, 6) is 0.969. The Bertz CT molecular complexity index is 543. The molecule has 0 saturated heterocycles. The van der Waals surface area contributed by atoms with Crippen molar-refractivity contribution < 1.29 is 14.6 Å². The van der Waals surface area contributed by atoms with Gasteiger partial charge in [-0.2, -0.15) is 0 Å². The highest BCUT2D eigenvalue weighted by atomic mass is 16.5. The molecule has 2 aliphatic rings. The van der Waals surface area contributed by atoms with Crippen LogP contribution in [-0.2, 0) is 17.6 Å². The molecule has 2 aliphatic carbocycles. The molecular weight excluding hydrogens is 278 g/mol. The Labute approximate surface area is 132 Å². The first-order valence-corrected chi connectivity index (χ1v) is 8.30. The number of likely N-dealkylation sites (N-methyl/N-ethyl adjacent to an activating group) is 1. The fraction of sp³-hybridized carbons (Fsp3) is 0.611. The van der Waals surface area contributed by atoms with Crippen molar-refractivity contribution in [1.82, 2.24) is 4.90 Å². The highest BCUT2D eigenvalue weighted by Gasteiger charge is 2.27. The third-order valence-corrected chi connectivity index (χ3v) is 4.99. The molecule has 1 amide bonds. The van der Waals surface area contributed by atoms with Crippen LogP contribution < -0.4 is 4.74 Å². The molecule has 2 unspecified atom stereocenters. The van der Waals surface area contributed by atoms with Gasteiger partial charge < -0.3 is 14.7 Å². The fourth-order valence-corrected chi connectivity index (χ4v) is 3.58. The Morgan fingerprint density at radius 2 is 2.09 bits per heavy atom. The third kappa shape index (κ3) is 3.43. The molecule has 0 radical (unpaired) electrons. The van der Waals surface area contributed by atoms with E-state index < -0.39 is 0 Å². The summed E-state index contributed by atoms with van der Waals surface area (Å²) in [5, 5.41) is 9.85. The molecule has 0 bridgehead atoms. The molecule has 120 valence electrons. The van der Waals surface area contributed by atoms with E-state index in [9.17, 15) is 9.90 Å². The first-order valence-electron chi connectivity index (χ1n) is 8.30. The molecule has 1 aromatic carbocycles. The molecule has 4 heteroatoms. The summed E-state index contributed by atoms with van der Waals surface area (Å²) in [5.41, 5.74) is 2.76. The maximum Gasteiger partial charge on any atom is 0.260 e. The number of aliphatic hydroxyl groups excluding tert-OH is 1. The number of aliphatic hydroxyl groups is 1. The summed E-state index contributed by atoms with van der Waals surface area (Å²) in [6, 6.07) is 6.13. The number of benzene rings is 1. The Balaban J connectivity index is 1.49. The van der Waals surface area contributed by atoms with Crippen molar-refractivity contribution in [2.24, 2.45) is 5.92 Å². The monoisotopic (exact) mass is 303 g/mol. The number of nitrogens with zero attached hydrogens (tertiary/aromatic N) is 1. The van der Waals surface area contributed by atoms with E-state index in [1.165, 1.54) is 17.5 Å². The predicted octanol–water partition coefficient (Wildman–Crippen LogP) is 2.17. The van der Waals surface area contributed by atoms with Crippen molar-refractivity contribution >= 4 is 5.91 Å². The van der Waals surface area contributed by atoms with Crippen molar-refractivity contribution in [3.05, 3.63) is 29.3 Å². The molecular formula is C18H25NO3. The highest BCUT2D eigenvalue weighted by molar-refractivity contribution is 5.77. The van der Waals surface area contributed by atoms with Gasteiger partial charge in [-0.15, -0.1) is 0 Å². The van der Waals surface area contributed by atoms with Gasteiger partial charge in [0.15, 0.2) is 6.61 Å². The normalized spacial score (nSPS) is 23.4. The standard InChI is InChI=1S/C18H25NO3/c1-19(11-15-6-3-7-17(15)20)18(21)12-22-16-9-8-13-4-2-5-14(13)10-16/h8-10,15,17,20H,2-7,11-12H2,1H3. The van der Waals surface area contributed by atoms with Crippen LogP contribution in [-0.4, -0.2) is 42.2 Å². The molecule has 2 atom stereocenters. The lowest BCUT2D eigenvalue weighted by atomic mass is 10.1. The van der Waals surface area contributed by atoms with Crippen molar-refractivity contribution in [3.8, 4) is 5.75 Å². The zero-order chi connectivity index (χ0) is 15.5. The second-order valence-corrected chi connectivity index (χ2v) is 6.61. The topological polar surface area (TPSA) is 49.8 Å². The van der Waals surface area contributed by atoms with E-state index in [1.54, 1.807) is 11.9 Å². The van der Waals surface area contributed by atoms with E-state index in [2.05, 4.69) is 12.1 Å². The first kappa shape index (κ1) is 15.3. The summed E-state index contributed by atoms with van der Waals surface area (Å²) in [6.45, 7) is 0.686. The number of carbonyl (C=O) groups is 1. The van der Waals surface area contributed by atoms with Crippen molar-refractivity contribution in [3.63, 3.8) is 0 Å². The lowest BCUT2D eigenvalue weighted by Gasteiger charge is -2.23. The Kier molecular flexibility index (Phi) is 4.67. The highest BCUT2D eigenvalue weighted by Crippen LogP contribution is 2.27. The summed E-state index contributed by atoms with van der Waals surface area (Å²) in [6.07, 6.45) is 6.14. The quantitative estimate of drug-likeness (QED) is 0.907. The number of hydrogen-bond acceptors (Lipinski definition) is 3. The van der Waals surface area contributed by atoms with Crippen LogP contribution in [0.1, 0.15) is 36.8 Å². The largest absolute Gasteiger partial charge is 0.484 e. The van der Waals surface area contributed by atoms with Crippen LogP contribution in [0.2, 0.25) is 0 Å². The van der Waals surface area contributed by atoms with E-state index in [0.29, 0.717) is 6.54 Å². The SMILES string of the molecule is CN(CC1CCCC1O)C(=O)COc1ccc2c(c1)CCC2. The molecule has 1 saturated carbocycles. The van der Waals surface area contributed by atoms with Crippen molar-refractivity contribution in [2.45, 2.75) is 44.6 Å². The number of amides is 1. The zero-order valence-corrected chi connectivity index (χ0v) is 13.3. The number of fused-ring (bicyclic) bond motifs is 1. The second-order valence-electron chi connectivity index (χ2n) is 6.61. The molecule has 1 N–H and O–H groups in total. The van der Waals surface area contributed by atoms with Crippen LogP contribution in [0.4, 0.5) is 0 Å². The molecule has 0 aromatic heterocycles.